The Labute approximate surface area is 141 Å². The summed E-state index contributed by atoms with van der Waals surface area (Å²) in [4.78, 5) is 0. The molecule has 3 aliphatic rings. The van der Waals surface area contributed by atoms with Gasteiger partial charge in [-0.3, -0.25) is 0 Å². The van der Waals surface area contributed by atoms with Crippen LogP contribution in [0.1, 0.15) is 79.6 Å². The minimum absolute atomic E-state index is 0.165. The Kier molecular flexibility index (Phi) is 4.18. The van der Waals surface area contributed by atoms with Gasteiger partial charge in [0.15, 0.2) is 0 Å². The Balaban J connectivity index is 1.90. The van der Waals surface area contributed by atoms with Gasteiger partial charge in [-0.25, -0.2) is 0 Å². The monoisotopic (exact) mass is 324 g/mol. The van der Waals surface area contributed by atoms with Gasteiger partial charge in [-0.2, -0.15) is 0 Å². The molecule has 3 heteroatoms. The largest absolute Gasteiger partial charge is 0.394 e. The number of rotatable bonds is 2. The molecule has 1 heterocycles. The summed E-state index contributed by atoms with van der Waals surface area (Å²) >= 11 is 0. The first-order chi connectivity index (χ1) is 10.6. The predicted molar refractivity (Wildman–Crippen MR) is 92.2 cm³/mol. The molecule has 0 unspecified atom stereocenters. The molecule has 134 valence electrons. The Morgan fingerprint density at radius 2 is 1.61 bits per heavy atom. The van der Waals surface area contributed by atoms with Crippen molar-refractivity contribution >= 4 is 0 Å². The molecule has 23 heavy (non-hydrogen) atoms. The first kappa shape index (κ1) is 17.7. The molecule has 1 saturated heterocycles. The number of fused-ring (bicyclic) bond motifs is 3. The first-order valence-electron chi connectivity index (χ1n) is 9.57. The van der Waals surface area contributed by atoms with Gasteiger partial charge in [-0.05, 0) is 75.0 Å². The fourth-order valence-corrected chi connectivity index (χ4v) is 6.81. The maximum atomic E-state index is 10.3. The van der Waals surface area contributed by atoms with Gasteiger partial charge < -0.3 is 14.9 Å². The summed E-state index contributed by atoms with van der Waals surface area (Å²) in [7, 11) is 0. The molecule has 2 N–H and O–H groups in total. The van der Waals surface area contributed by atoms with Crippen LogP contribution in [0.5, 0.6) is 0 Å². The van der Waals surface area contributed by atoms with Crippen molar-refractivity contribution in [1.29, 1.82) is 0 Å². The third-order valence-corrected chi connectivity index (χ3v) is 8.01. The van der Waals surface area contributed by atoms with Crippen LogP contribution in [0.4, 0.5) is 0 Å². The Morgan fingerprint density at radius 1 is 0.957 bits per heavy atom. The SMILES string of the molecule is CC1(C)CCC[C@]2(C)[C@H]3CC[C@](C)([C@H](O)CO)O[C@]3(C)CC[C@@H]12. The Hall–Kier alpha value is -0.120. The first-order valence-corrected chi connectivity index (χ1v) is 9.57. The number of hydrogen-bond donors (Lipinski definition) is 2. The van der Waals surface area contributed by atoms with Gasteiger partial charge in [0.25, 0.3) is 0 Å². The second kappa shape index (κ2) is 5.44. The van der Waals surface area contributed by atoms with E-state index in [-0.39, 0.29) is 12.2 Å². The minimum atomic E-state index is -0.784. The van der Waals surface area contributed by atoms with Crippen LogP contribution in [0.15, 0.2) is 0 Å². The molecule has 6 atom stereocenters. The molecule has 2 saturated carbocycles. The van der Waals surface area contributed by atoms with Crippen LogP contribution in [0.2, 0.25) is 0 Å². The third-order valence-electron chi connectivity index (χ3n) is 8.01. The van der Waals surface area contributed by atoms with Crippen molar-refractivity contribution in [2.24, 2.45) is 22.7 Å². The maximum Gasteiger partial charge on any atom is 0.106 e. The zero-order valence-corrected chi connectivity index (χ0v) is 15.7. The minimum Gasteiger partial charge on any atom is -0.394 e. The molecular weight excluding hydrogens is 288 g/mol. The summed E-state index contributed by atoms with van der Waals surface area (Å²) < 4.78 is 6.59. The van der Waals surface area contributed by atoms with Gasteiger partial charge in [0.2, 0.25) is 0 Å². The molecule has 1 aliphatic heterocycles. The van der Waals surface area contributed by atoms with Crippen molar-refractivity contribution in [3.05, 3.63) is 0 Å². The number of ether oxygens (including phenoxy) is 1. The summed E-state index contributed by atoms with van der Waals surface area (Å²) in [6.45, 7) is 11.5. The van der Waals surface area contributed by atoms with E-state index >= 15 is 0 Å². The highest BCUT2D eigenvalue weighted by Crippen LogP contribution is 2.65. The van der Waals surface area contributed by atoms with E-state index < -0.39 is 11.7 Å². The molecule has 0 aromatic carbocycles. The average molecular weight is 325 g/mol. The summed E-state index contributed by atoms with van der Waals surface area (Å²) in [6, 6.07) is 0. The lowest BCUT2D eigenvalue weighted by Gasteiger charge is -2.65. The smallest absolute Gasteiger partial charge is 0.106 e. The molecular formula is C20H36O3. The van der Waals surface area contributed by atoms with Crippen LogP contribution in [0, 0.1) is 22.7 Å². The summed E-state index contributed by atoms with van der Waals surface area (Å²) in [6.07, 6.45) is 7.45. The molecule has 0 amide bonds. The highest BCUT2D eigenvalue weighted by atomic mass is 16.5. The van der Waals surface area contributed by atoms with E-state index in [1.165, 1.54) is 25.7 Å². The van der Waals surface area contributed by atoms with E-state index in [2.05, 4.69) is 27.7 Å². The molecule has 0 bridgehead atoms. The van der Waals surface area contributed by atoms with Crippen LogP contribution >= 0.6 is 0 Å². The second-order valence-electron chi connectivity index (χ2n) is 9.96. The van der Waals surface area contributed by atoms with Crippen molar-refractivity contribution in [1.82, 2.24) is 0 Å². The normalized spacial score (nSPS) is 50.7. The zero-order valence-electron chi connectivity index (χ0n) is 15.7. The van der Waals surface area contributed by atoms with E-state index in [4.69, 9.17) is 4.74 Å². The van der Waals surface area contributed by atoms with E-state index in [0.29, 0.717) is 16.7 Å². The zero-order chi connectivity index (χ0) is 17.1. The average Bonchev–Trinajstić information content (AvgIpc) is 2.44. The Morgan fingerprint density at radius 3 is 2.26 bits per heavy atom. The highest BCUT2D eigenvalue weighted by molar-refractivity contribution is 5.11. The summed E-state index contributed by atoms with van der Waals surface area (Å²) in [5, 5.41) is 19.7. The van der Waals surface area contributed by atoms with Crippen LogP contribution < -0.4 is 0 Å². The number of aliphatic hydroxyl groups excluding tert-OH is 2. The molecule has 0 aromatic heterocycles. The van der Waals surface area contributed by atoms with Crippen LogP contribution in [0.25, 0.3) is 0 Å². The van der Waals surface area contributed by atoms with E-state index in [0.717, 1.165) is 25.2 Å². The van der Waals surface area contributed by atoms with Crippen molar-refractivity contribution in [3.63, 3.8) is 0 Å². The van der Waals surface area contributed by atoms with Crippen molar-refractivity contribution in [2.45, 2.75) is 96.9 Å². The second-order valence-corrected chi connectivity index (χ2v) is 9.96. The lowest BCUT2D eigenvalue weighted by molar-refractivity contribution is -0.287. The van der Waals surface area contributed by atoms with E-state index in [9.17, 15) is 10.2 Å². The standard InChI is InChI=1S/C20H36O3/c1-17(2)9-6-10-18(3)14(17)7-11-19(4)15(18)8-12-20(5,23-19)16(22)13-21/h14-16,21-22H,6-13H2,1-5H3/t14-,15+,16+,18-,19+,20+/m0/s1. The van der Waals surface area contributed by atoms with E-state index in [1.807, 2.05) is 6.92 Å². The maximum absolute atomic E-state index is 10.3. The summed E-state index contributed by atoms with van der Waals surface area (Å²) in [5.74, 6) is 1.34. The van der Waals surface area contributed by atoms with Crippen molar-refractivity contribution in [3.8, 4) is 0 Å². The van der Waals surface area contributed by atoms with Crippen molar-refractivity contribution < 1.29 is 14.9 Å². The molecule has 0 aromatic rings. The molecule has 0 radical (unpaired) electrons. The van der Waals surface area contributed by atoms with Gasteiger partial charge in [0.05, 0.1) is 17.8 Å². The van der Waals surface area contributed by atoms with Gasteiger partial charge in [0.1, 0.15) is 6.10 Å². The van der Waals surface area contributed by atoms with E-state index in [1.54, 1.807) is 0 Å². The van der Waals surface area contributed by atoms with Crippen LogP contribution in [-0.4, -0.2) is 34.1 Å². The van der Waals surface area contributed by atoms with Gasteiger partial charge in [-0.1, -0.05) is 27.2 Å². The lowest BCUT2D eigenvalue weighted by atomic mass is 9.44. The number of hydrogen-bond acceptors (Lipinski definition) is 3. The highest BCUT2D eigenvalue weighted by Gasteiger charge is 2.62. The quantitative estimate of drug-likeness (QED) is 0.809. The molecule has 3 rings (SSSR count). The van der Waals surface area contributed by atoms with Crippen LogP contribution in [0.3, 0.4) is 0 Å². The third kappa shape index (κ3) is 2.58. The van der Waals surface area contributed by atoms with Crippen LogP contribution in [-0.2, 0) is 4.74 Å². The fourth-order valence-electron chi connectivity index (χ4n) is 6.81. The number of aliphatic hydroxyl groups is 2. The molecule has 2 aliphatic carbocycles. The molecule has 3 nitrogen and oxygen atoms in total. The Bertz CT molecular complexity index is 462. The lowest BCUT2D eigenvalue weighted by Crippen LogP contribution is -2.64. The fraction of sp³-hybridized carbons (Fsp3) is 1.00. The van der Waals surface area contributed by atoms with Gasteiger partial charge >= 0.3 is 0 Å². The van der Waals surface area contributed by atoms with Crippen molar-refractivity contribution in [2.75, 3.05) is 6.61 Å². The van der Waals surface area contributed by atoms with Gasteiger partial charge in [-0.15, -0.1) is 0 Å². The molecule has 0 spiro atoms. The summed E-state index contributed by atoms with van der Waals surface area (Å²) in [5.41, 5.74) is 0.00907. The topological polar surface area (TPSA) is 49.7 Å². The molecule has 3 fully saturated rings. The van der Waals surface area contributed by atoms with Gasteiger partial charge in [0, 0.05) is 0 Å². The predicted octanol–water partition coefficient (Wildman–Crippen LogP) is 3.91.